The molecule has 0 aromatic rings. The van der Waals surface area contributed by atoms with Gasteiger partial charge in [0.15, 0.2) is 0 Å². The minimum atomic E-state index is -3.77. The highest BCUT2D eigenvalue weighted by atomic mass is 79.9. The summed E-state index contributed by atoms with van der Waals surface area (Å²) in [6, 6.07) is 0. The zero-order valence-electron chi connectivity index (χ0n) is 21.8. The Bertz CT molecular complexity index is 429. The molecular formula is C26H57BrNO3P. The maximum Gasteiger partial charge on any atom is 0.325 e. The zero-order chi connectivity index (χ0) is 23.3. The van der Waals surface area contributed by atoms with Crippen LogP contribution in [0.25, 0.3) is 0 Å². The number of halogens is 1. The van der Waals surface area contributed by atoms with Gasteiger partial charge in [0.05, 0.1) is 27.2 Å². The molecule has 0 amide bonds. The van der Waals surface area contributed by atoms with Crippen molar-refractivity contribution in [2.75, 3.05) is 33.3 Å². The molecule has 2 N–H and O–H groups in total. The van der Waals surface area contributed by atoms with Gasteiger partial charge >= 0.3 is 7.60 Å². The third-order valence-electron chi connectivity index (χ3n) is 6.58. The van der Waals surface area contributed by atoms with E-state index in [0.29, 0.717) is 6.42 Å². The van der Waals surface area contributed by atoms with Crippen LogP contribution in [0.4, 0.5) is 0 Å². The van der Waals surface area contributed by atoms with Gasteiger partial charge in [-0.3, -0.25) is 4.57 Å². The SMILES string of the molecule is CCCCCCCCCCCC[N+](C)(C)CCCCCCCCCCCCP(=O)(O)O.[Br-]. The first-order valence-electron chi connectivity index (χ1n) is 13.6. The molecule has 4 nitrogen and oxygen atoms in total. The normalized spacial score (nSPS) is 12.2. The molecule has 0 atom stereocenters. The van der Waals surface area contributed by atoms with E-state index in [-0.39, 0.29) is 23.1 Å². The third kappa shape index (κ3) is 28.6. The van der Waals surface area contributed by atoms with Crippen LogP contribution in [0.15, 0.2) is 0 Å². The van der Waals surface area contributed by atoms with Crippen molar-refractivity contribution in [3.05, 3.63) is 0 Å². The summed E-state index contributed by atoms with van der Waals surface area (Å²) in [4.78, 5) is 17.7. The average Bonchev–Trinajstić information content (AvgIpc) is 2.69. The van der Waals surface area contributed by atoms with Gasteiger partial charge in [0.2, 0.25) is 0 Å². The van der Waals surface area contributed by atoms with E-state index in [1.807, 2.05) is 0 Å². The van der Waals surface area contributed by atoms with Gasteiger partial charge in [-0.05, 0) is 32.1 Å². The highest BCUT2D eigenvalue weighted by Crippen LogP contribution is 2.35. The quantitative estimate of drug-likeness (QED) is 0.102. The van der Waals surface area contributed by atoms with E-state index in [1.165, 1.54) is 127 Å². The lowest BCUT2D eigenvalue weighted by Gasteiger charge is -2.30. The second-order valence-corrected chi connectivity index (χ2v) is 12.3. The molecule has 6 heteroatoms. The van der Waals surface area contributed by atoms with Crippen LogP contribution in [0, 0.1) is 0 Å². The molecule has 0 aromatic carbocycles. The van der Waals surface area contributed by atoms with Gasteiger partial charge in [-0.1, -0.05) is 103 Å². The van der Waals surface area contributed by atoms with Gasteiger partial charge in [0, 0.05) is 6.16 Å². The van der Waals surface area contributed by atoms with Crippen molar-refractivity contribution in [2.45, 2.75) is 135 Å². The Hall–Kier alpha value is 0.590. The number of rotatable bonds is 24. The molecule has 0 aliphatic carbocycles. The molecule has 0 bridgehead atoms. The maximum atomic E-state index is 10.8. The molecule has 0 heterocycles. The van der Waals surface area contributed by atoms with Gasteiger partial charge in [-0.15, -0.1) is 0 Å². The van der Waals surface area contributed by atoms with Crippen molar-refractivity contribution in [3.8, 4) is 0 Å². The molecule has 0 rings (SSSR count). The number of hydrogen-bond donors (Lipinski definition) is 2. The molecular weight excluding hydrogens is 485 g/mol. The molecule has 0 aliphatic rings. The Morgan fingerprint density at radius 1 is 0.531 bits per heavy atom. The Kier molecular flexibility index (Phi) is 25.3. The molecule has 196 valence electrons. The summed E-state index contributed by atoms with van der Waals surface area (Å²) in [5.41, 5.74) is 0. The van der Waals surface area contributed by atoms with E-state index >= 15 is 0 Å². The summed E-state index contributed by atoms with van der Waals surface area (Å²) in [6.07, 6.45) is 26.2. The fraction of sp³-hybridized carbons (Fsp3) is 1.00. The topological polar surface area (TPSA) is 57.5 Å². The number of nitrogens with zero attached hydrogens (tertiary/aromatic N) is 1. The lowest BCUT2D eigenvalue weighted by molar-refractivity contribution is -0.890. The van der Waals surface area contributed by atoms with Crippen molar-refractivity contribution in [1.29, 1.82) is 0 Å². The predicted molar refractivity (Wildman–Crippen MR) is 137 cm³/mol. The second-order valence-electron chi connectivity index (χ2n) is 10.5. The number of unbranched alkanes of at least 4 members (excludes halogenated alkanes) is 18. The predicted octanol–water partition coefficient (Wildman–Crippen LogP) is 5.07. The largest absolute Gasteiger partial charge is 1.00 e. The van der Waals surface area contributed by atoms with E-state index in [9.17, 15) is 4.57 Å². The molecule has 0 fully saturated rings. The molecule has 0 saturated heterocycles. The lowest BCUT2D eigenvalue weighted by atomic mass is 10.1. The Balaban J connectivity index is 0. The average molecular weight is 543 g/mol. The minimum Gasteiger partial charge on any atom is -1.00 e. The lowest BCUT2D eigenvalue weighted by Crippen LogP contribution is -3.00. The second kappa shape index (κ2) is 23.3. The van der Waals surface area contributed by atoms with Gasteiger partial charge in [-0.2, -0.15) is 0 Å². The standard InChI is InChI=1S/C26H56NO3P.BrH/c1-4-5-6-7-8-9-12-15-18-21-24-27(2,3)25-22-19-16-13-10-11-14-17-20-23-26-31(28,29)30;/h4-26H2,1-3H3,(H-,28,29,30);1H. The molecule has 32 heavy (non-hydrogen) atoms. The van der Waals surface area contributed by atoms with Crippen LogP contribution in [-0.2, 0) is 4.57 Å². The first-order valence-corrected chi connectivity index (χ1v) is 15.4. The summed E-state index contributed by atoms with van der Waals surface area (Å²) in [7, 11) is 1.03. The maximum absolute atomic E-state index is 10.8. The monoisotopic (exact) mass is 541 g/mol. The van der Waals surface area contributed by atoms with Crippen LogP contribution in [0.5, 0.6) is 0 Å². The molecule has 0 saturated carbocycles. The van der Waals surface area contributed by atoms with Crippen molar-refractivity contribution in [2.24, 2.45) is 0 Å². The van der Waals surface area contributed by atoms with Crippen molar-refractivity contribution in [3.63, 3.8) is 0 Å². The van der Waals surface area contributed by atoms with Crippen LogP contribution in [0.1, 0.15) is 135 Å². The number of quaternary nitrogens is 1. The highest BCUT2D eigenvalue weighted by molar-refractivity contribution is 7.51. The van der Waals surface area contributed by atoms with Gasteiger partial charge in [-0.25, -0.2) is 0 Å². The fourth-order valence-corrected chi connectivity index (χ4v) is 5.05. The summed E-state index contributed by atoms with van der Waals surface area (Å²) < 4.78 is 12.0. The Labute approximate surface area is 211 Å². The van der Waals surface area contributed by atoms with Crippen LogP contribution in [0.2, 0.25) is 0 Å². The Morgan fingerprint density at radius 3 is 1.12 bits per heavy atom. The Morgan fingerprint density at radius 2 is 0.812 bits per heavy atom. The summed E-state index contributed by atoms with van der Waals surface area (Å²) >= 11 is 0. The van der Waals surface area contributed by atoms with Crippen LogP contribution >= 0.6 is 7.60 Å². The van der Waals surface area contributed by atoms with Gasteiger partial charge in [0.1, 0.15) is 0 Å². The molecule has 0 spiro atoms. The highest BCUT2D eigenvalue weighted by Gasteiger charge is 2.13. The minimum absolute atomic E-state index is 0. The van der Waals surface area contributed by atoms with Crippen LogP contribution < -0.4 is 17.0 Å². The fourth-order valence-electron chi connectivity index (χ4n) is 4.41. The summed E-state index contributed by atoms with van der Waals surface area (Å²) in [5, 5.41) is 0. The van der Waals surface area contributed by atoms with Crippen molar-refractivity contribution >= 4 is 7.60 Å². The van der Waals surface area contributed by atoms with E-state index in [0.717, 1.165) is 12.8 Å². The van der Waals surface area contributed by atoms with Gasteiger partial charge in [0.25, 0.3) is 0 Å². The van der Waals surface area contributed by atoms with E-state index in [2.05, 4.69) is 21.0 Å². The van der Waals surface area contributed by atoms with Crippen LogP contribution in [-0.4, -0.2) is 47.6 Å². The zero-order valence-corrected chi connectivity index (χ0v) is 24.3. The first-order chi connectivity index (χ1) is 14.8. The number of hydrogen-bond acceptors (Lipinski definition) is 1. The first kappa shape index (κ1) is 34.8. The molecule has 0 aliphatic heterocycles. The van der Waals surface area contributed by atoms with E-state index < -0.39 is 7.60 Å². The third-order valence-corrected chi connectivity index (χ3v) is 7.48. The van der Waals surface area contributed by atoms with Crippen LogP contribution in [0.3, 0.4) is 0 Å². The van der Waals surface area contributed by atoms with E-state index in [1.54, 1.807) is 0 Å². The molecule has 0 aromatic heterocycles. The smallest absolute Gasteiger partial charge is 0.325 e. The summed E-state index contributed by atoms with van der Waals surface area (Å²) in [5.74, 6) is 0. The van der Waals surface area contributed by atoms with E-state index in [4.69, 9.17) is 9.79 Å². The van der Waals surface area contributed by atoms with Crippen molar-refractivity contribution < 1.29 is 35.8 Å². The molecule has 0 unspecified atom stereocenters. The van der Waals surface area contributed by atoms with Gasteiger partial charge < -0.3 is 31.3 Å². The molecule has 0 radical (unpaired) electrons. The van der Waals surface area contributed by atoms with Crippen molar-refractivity contribution in [1.82, 2.24) is 0 Å². The summed E-state index contributed by atoms with van der Waals surface area (Å²) in [6.45, 7) is 4.94.